The second-order valence-electron chi connectivity index (χ2n) is 9.73. The van der Waals surface area contributed by atoms with Gasteiger partial charge in [0.25, 0.3) is 0 Å². The molecule has 0 fully saturated rings. The number of benzene rings is 4. The summed E-state index contributed by atoms with van der Waals surface area (Å²) in [7, 11) is 4.01. The first kappa shape index (κ1) is 28.9. The smallest absolute Gasteiger partial charge is 0.338 e. The Morgan fingerprint density at radius 1 is 0.634 bits per heavy atom. The lowest BCUT2D eigenvalue weighted by molar-refractivity contribution is -0.130. The van der Waals surface area contributed by atoms with Crippen molar-refractivity contribution in [2.45, 2.75) is 19.8 Å². The van der Waals surface area contributed by atoms with Crippen LogP contribution in [0.15, 0.2) is 122 Å². The van der Waals surface area contributed by atoms with Crippen molar-refractivity contribution in [3.8, 4) is 11.5 Å². The molecule has 4 rings (SSSR count). The molecular weight excluding hydrogens is 512 g/mol. The van der Waals surface area contributed by atoms with E-state index < -0.39 is 11.9 Å². The average molecular weight is 547 g/mol. The normalized spacial score (nSPS) is 10.4. The van der Waals surface area contributed by atoms with Crippen molar-refractivity contribution < 1.29 is 19.1 Å². The molecule has 0 aliphatic carbocycles. The van der Waals surface area contributed by atoms with Gasteiger partial charge in [0.2, 0.25) is 0 Å². The highest BCUT2D eigenvalue weighted by Gasteiger charge is 2.09. The van der Waals surface area contributed by atoms with E-state index in [-0.39, 0.29) is 0 Å². The topological polar surface area (TPSA) is 59.1 Å². The summed E-state index contributed by atoms with van der Waals surface area (Å²) in [5.74, 6) is 0.0756. The van der Waals surface area contributed by atoms with Crippen LogP contribution in [0.2, 0.25) is 0 Å². The molecule has 0 saturated heterocycles. The highest BCUT2D eigenvalue weighted by molar-refractivity contribution is 5.88. The van der Waals surface area contributed by atoms with E-state index >= 15 is 0 Å². The number of aryl methyl sites for hydroxylation is 2. The summed E-state index contributed by atoms with van der Waals surface area (Å²) in [6.07, 6.45) is 3.02. The molecule has 0 saturated carbocycles. The number of hydrogen-bond acceptors (Lipinski definition) is 6. The Morgan fingerprint density at radius 2 is 0.976 bits per heavy atom. The van der Waals surface area contributed by atoms with E-state index in [1.807, 2.05) is 38.4 Å². The minimum Gasteiger partial charge on any atom is -0.423 e. The van der Waals surface area contributed by atoms with Gasteiger partial charge in [0.05, 0.1) is 0 Å². The van der Waals surface area contributed by atoms with Crippen LogP contribution in [0.4, 0.5) is 22.7 Å². The van der Waals surface area contributed by atoms with Crippen LogP contribution in [0.3, 0.4) is 0 Å². The van der Waals surface area contributed by atoms with E-state index in [2.05, 4.69) is 71.5 Å². The molecule has 0 bridgehead atoms. The quantitative estimate of drug-likeness (QED) is 0.110. The van der Waals surface area contributed by atoms with Gasteiger partial charge < -0.3 is 19.3 Å². The molecular formula is C35H34N2O4. The highest BCUT2D eigenvalue weighted by atomic mass is 16.5. The van der Waals surface area contributed by atoms with Gasteiger partial charge in [-0.2, -0.15) is 0 Å². The second-order valence-corrected chi connectivity index (χ2v) is 9.73. The summed E-state index contributed by atoms with van der Waals surface area (Å²) < 4.78 is 10.4. The number of esters is 2. The fourth-order valence-electron chi connectivity index (χ4n) is 4.19. The summed E-state index contributed by atoms with van der Waals surface area (Å²) in [4.78, 5) is 27.3. The lowest BCUT2D eigenvalue weighted by Gasteiger charge is -2.20. The van der Waals surface area contributed by atoms with Crippen molar-refractivity contribution in [1.29, 1.82) is 0 Å². The van der Waals surface area contributed by atoms with Gasteiger partial charge in [-0.1, -0.05) is 37.4 Å². The van der Waals surface area contributed by atoms with Gasteiger partial charge in [0.1, 0.15) is 11.5 Å². The maximum absolute atomic E-state index is 11.7. The Morgan fingerprint density at radius 3 is 1.32 bits per heavy atom. The number of rotatable bonds is 11. The zero-order valence-corrected chi connectivity index (χ0v) is 23.7. The molecule has 208 valence electrons. The first-order valence-electron chi connectivity index (χ1n) is 13.3. The monoisotopic (exact) mass is 546 g/mol. The number of carbonyl (C=O) groups excluding carboxylic acids is 2. The number of carbonyl (C=O) groups is 2. The third kappa shape index (κ3) is 7.73. The molecule has 0 aromatic heterocycles. The van der Waals surface area contributed by atoms with Crippen molar-refractivity contribution >= 4 is 34.7 Å². The van der Waals surface area contributed by atoms with E-state index in [1.54, 1.807) is 31.2 Å². The molecule has 0 unspecified atom stereocenters. The molecule has 0 aliphatic heterocycles. The van der Waals surface area contributed by atoms with Gasteiger partial charge in [-0.3, -0.25) is 0 Å². The van der Waals surface area contributed by atoms with Gasteiger partial charge in [-0.25, -0.2) is 9.59 Å². The fourth-order valence-corrected chi connectivity index (χ4v) is 4.19. The van der Waals surface area contributed by atoms with Crippen molar-refractivity contribution in [3.63, 3.8) is 0 Å². The molecule has 0 N–H and O–H groups in total. The summed E-state index contributed by atoms with van der Waals surface area (Å²) in [5.41, 5.74) is 7.02. The van der Waals surface area contributed by atoms with Crippen LogP contribution in [-0.4, -0.2) is 26.0 Å². The summed E-state index contributed by atoms with van der Waals surface area (Å²) in [6.45, 7) is 8.65. The summed E-state index contributed by atoms with van der Waals surface area (Å²) in [5, 5.41) is 0. The number of ether oxygens (including phenoxy) is 2. The first-order chi connectivity index (χ1) is 19.7. The molecule has 4 aromatic carbocycles. The SMILES string of the molecule is C=CC(=O)Oc1ccc(N(C)c2ccc(CCc3ccc(N(C)c4ccc(OC(=O)C(=C)C)cc4)cc3)cc2)cc1. The maximum atomic E-state index is 11.7. The molecule has 0 atom stereocenters. The second kappa shape index (κ2) is 13.3. The van der Waals surface area contributed by atoms with Crippen molar-refractivity contribution in [2.75, 3.05) is 23.9 Å². The highest BCUT2D eigenvalue weighted by Crippen LogP contribution is 2.28. The molecule has 0 aliphatic rings. The van der Waals surface area contributed by atoms with Gasteiger partial charge >= 0.3 is 11.9 Å². The number of hydrogen-bond donors (Lipinski definition) is 0. The van der Waals surface area contributed by atoms with Crippen LogP contribution in [0.1, 0.15) is 18.1 Å². The molecule has 6 heteroatoms. The first-order valence-corrected chi connectivity index (χ1v) is 13.3. The summed E-state index contributed by atoms with van der Waals surface area (Å²) >= 11 is 0. The van der Waals surface area contributed by atoms with Crippen molar-refractivity contribution in [1.82, 2.24) is 0 Å². The zero-order valence-electron chi connectivity index (χ0n) is 23.7. The van der Waals surface area contributed by atoms with Crippen molar-refractivity contribution in [2.24, 2.45) is 0 Å². The molecule has 41 heavy (non-hydrogen) atoms. The van der Waals surface area contributed by atoms with Gasteiger partial charge in [0.15, 0.2) is 0 Å². The van der Waals surface area contributed by atoms with Crippen LogP contribution < -0.4 is 19.3 Å². The Hall–Kier alpha value is -5.10. The van der Waals surface area contributed by atoms with Crippen LogP contribution in [0.5, 0.6) is 11.5 Å². The van der Waals surface area contributed by atoms with Gasteiger partial charge in [-0.05, 0) is 104 Å². The van der Waals surface area contributed by atoms with Crippen LogP contribution in [0, 0.1) is 0 Å². The van der Waals surface area contributed by atoms with E-state index in [1.165, 1.54) is 11.1 Å². The lowest BCUT2D eigenvalue weighted by Crippen LogP contribution is -2.10. The molecule has 0 radical (unpaired) electrons. The standard InChI is InChI=1S/C35H34N2O4/c1-6-34(38)40-32-21-17-30(18-22-32)36(4)28-13-9-26(10-14-28)7-8-27-11-15-29(16-12-27)37(5)31-19-23-33(24-20-31)41-35(39)25(2)3/h6,9-24H,1-2,7-8H2,3-5H3. The van der Waals surface area contributed by atoms with Crippen LogP contribution >= 0.6 is 0 Å². The van der Waals surface area contributed by atoms with E-state index in [0.29, 0.717) is 17.1 Å². The maximum Gasteiger partial charge on any atom is 0.338 e. The third-order valence-corrected chi connectivity index (χ3v) is 6.74. The largest absolute Gasteiger partial charge is 0.423 e. The lowest BCUT2D eigenvalue weighted by atomic mass is 10.0. The average Bonchev–Trinajstić information content (AvgIpc) is 3.00. The summed E-state index contributed by atoms with van der Waals surface area (Å²) in [6, 6.07) is 31.9. The minimum atomic E-state index is -0.475. The molecule has 0 heterocycles. The van der Waals surface area contributed by atoms with E-state index in [0.717, 1.165) is 41.7 Å². The molecule has 4 aromatic rings. The van der Waals surface area contributed by atoms with Gasteiger partial charge in [-0.15, -0.1) is 0 Å². The Labute approximate surface area is 241 Å². The predicted molar refractivity (Wildman–Crippen MR) is 166 cm³/mol. The van der Waals surface area contributed by atoms with Gasteiger partial charge in [0, 0.05) is 48.5 Å². The van der Waals surface area contributed by atoms with Crippen LogP contribution in [0.25, 0.3) is 0 Å². The Kier molecular flexibility index (Phi) is 9.38. The molecule has 0 amide bonds. The Balaban J connectivity index is 1.30. The third-order valence-electron chi connectivity index (χ3n) is 6.74. The predicted octanol–water partition coefficient (Wildman–Crippen LogP) is 7.58. The number of anilines is 4. The number of nitrogens with zero attached hydrogens (tertiary/aromatic N) is 2. The molecule has 6 nitrogen and oxygen atoms in total. The van der Waals surface area contributed by atoms with Crippen molar-refractivity contribution in [3.05, 3.63) is 133 Å². The Bertz CT molecular complexity index is 1510. The van der Waals surface area contributed by atoms with E-state index in [9.17, 15) is 9.59 Å². The minimum absolute atomic E-state index is 0.366. The zero-order chi connectivity index (χ0) is 29.4. The molecule has 0 spiro atoms. The van der Waals surface area contributed by atoms with Crippen LogP contribution in [-0.2, 0) is 22.4 Å². The fraction of sp³-hybridized carbons (Fsp3) is 0.143. The van der Waals surface area contributed by atoms with E-state index in [4.69, 9.17) is 9.47 Å².